The Labute approximate surface area is 149 Å². The first-order valence-electron chi connectivity index (χ1n) is 8.91. The zero-order valence-corrected chi connectivity index (χ0v) is 15.5. The molecule has 1 atom stereocenters. The first-order valence-corrected chi connectivity index (χ1v) is 8.91. The van der Waals surface area contributed by atoms with Crippen molar-refractivity contribution in [3.05, 3.63) is 47.0 Å². The van der Waals surface area contributed by atoms with Gasteiger partial charge in [0.25, 0.3) is 0 Å². The summed E-state index contributed by atoms with van der Waals surface area (Å²) in [6.07, 6.45) is 3.74. The number of fused-ring (bicyclic) bond motifs is 1. The molecule has 1 N–H and O–H groups in total. The zero-order valence-electron chi connectivity index (χ0n) is 15.5. The van der Waals surface area contributed by atoms with Crippen molar-refractivity contribution in [2.75, 3.05) is 6.54 Å². The van der Waals surface area contributed by atoms with E-state index in [1.807, 2.05) is 20.8 Å². The van der Waals surface area contributed by atoms with E-state index < -0.39 is 0 Å². The first-order chi connectivity index (χ1) is 11.7. The number of allylic oxidation sites excluding steroid dienone is 2. The molecule has 1 aromatic rings. The Kier molecular flexibility index (Phi) is 5.93. The number of hydrogen-bond acceptors (Lipinski definition) is 3. The number of rotatable bonds is 7. The minimum absolute atomic E-state index is 0.00946. The average molecular weight is 341 g/mol. The SMILES string of the molecule is CCCC(C)C(=O)NCC(C)(C)CC1=CC(=O)c2ccccc2C1=O. The zero-order chi connectivity index (χ0) is 18.6. The molecule has 2 rings (SSSR count). The molecular formula is C21H27NO3. The predicted octanol–water partition coefficient (Wildman–Crippen LogP) is 3.96. The van der Waals surface area contributed by atoms with E-state index in [2.05, 4.69) is 12.2 Å². The molecular weight excluding hydrogens is 314 g/mol. The molecule has 4 nitrogen and oxygen atoms in total. The minimum Gasteiger partial charge on any atom is -0.355 e. The number of hydrogen-bond donors (Lipinski definition) is 1. The highest BCUT2D eigenvalue weighted by atomic mass is 16.2. The van der Waals surface area contributed by atoms with Crippen LogP contribution in [0, 0.1) is 11.3 Å². The number of carbonyl (C=O) groups excluding carboxylic acids is 3. The number of Topliss-reactive ketones (excluding diaryl/α,β-unsaturated/α-hetero) is 1. The van der Waals surface area contributed by atoms with E-state index in [0.29, 0.717) is 29.7 Å². The highest BCUT2D eigenvalue weighted by Crippen LogP contribution is 2.30. The molecule has 134 valence electrons. The maximum Gasteiger partial charge on any atom is 0.222 e. The maximum absolute atomic E-state index is 12.7. The molecule has 0 radical (unpaired) electrons. The Morgan fingerprint density at radius 2 is 1.80 bits per heavy atom. The number of amides is 1. The minimum atomic E-state index is -0.310. The second-order valence-electron chi connectivity index (χ2n) is 7.66. The second-order valence-corrected chi connectivity index (χ2v) is 7.66. The van der Waals surface area contributed by atoms with E-state index in [4.69, 9.17) is 0 Å². The molecule has 0 saturated carbocycles. The van der Waals surface area contributed by atoms with Crippen LogP contribution in [0.25, 0.3) is 0 Å². The van der Waals surface area contributed by atoms with Gasteiger partial charge in [-0.15, -0.1) is 0 Å². The van der Waals surface area contributed by atoms with Crippen LogP contribution in [0.3, 0.4) is 0 Å². The van der Waals surface area contributed by atoms with E-state index >= 15 is 0 Å². The third-order valence-electron chi connectivity index (χ3n) is 4.61. The Morgan fingerprint density at radius 1 is 1.16 bits per heavy atom. The van der Waals surface area contributed by atoms with Crippen LogP contribution in [0.1, 0.15) is 67.7 Å². The van der Waals surface area contributed by atoms with Gasteiger partial charge in [-0.25, -0.2) is 0 Å². The lowest BCUT2D eigenvalue weighted by Crippen LogP contribution is -2.37. The van der Waals surface area contributed by atoms with Crippen LogP contribution < -0.4 is 5.32 Å². The molecule has 0 aliphatic heterocycles. The van der Waals surface area contributed by atoms with Gasteiger partial charge in [-0.3, -0.25) is 14.4 Å². The van der Waals surface area contributed by atoms with Crippen molar-refractivity contribution in [1.82, 2.24) is 5.32 Å². The molecule has 0 spiro atoms. The molecule has 1 unspecified atom stereocenters. The summed E-state index contributed by atoms with van der Waals surface area (Å²) in [5, 5.41) is 2.98. The Hall–Kier alpha value is -2.23. The van der Waals surface area contributed by atoms with Gasteiger partial charge >= 0.3 is 0 Å². The largest absolute Gasteiger partial charge is 0.355 e. The number of carbonyl (C=O) groups is 3. The molecule has 0 heterocycles. The molecule has 1 amide bonds. The summed E-state index contributed by atoms with van der Waals surface area (Å²) in [6, 6.07) is 6.92. The standard InChI is InChI=1S/C21H27NO3/c1-5-8-14(2)20(25)22-13-21(3,4)12-15-11-18(23)16-9-6-7-10-17(16)19(15)24/h6-7,9-11,14H,5,8,12-13H2,1-4H3,(H,22,25). The summed E-state index contributed by atoms with van der Waals surface area (Å²) in [4.78, 5) is 37.0. The van der Waals surface area contributed by atoms with Crippen LogP contribution >= 0.6 is 0 Å². The quantitative estimate of drug-likeness (QED) is 0.816. The number of benzene rings is 1. The van der Waals surface area contributed by atoms with E-state index in [-0.39, 0.29) is 28.8 Å². The Bertz CT molecular complexity index is 716. The highest BCUT2D eigenvalue weighted by molar-refractivity contribution is 6.24. The lowest BCUT2D eigenvalue weighted by molar-refractivity contribution is -0.125. The molecule has 4 heteroatoms. The maximum atomic E-state index is 12.7. The van der Waals surface area contributed by atoms with Gasteiger partial charge in [0.05, 0.1) is 0 Å². The average Bonchev–Trinajstić information content (AvgIpc) is 2.57. The molecule has 1 aliphatic rings. The fourth-order valence-corrected chi connectivity index (χ4v) is 3.14. The van der Waals surface area contributed by atoms with Crippen LogP contribution in [-0.2, 0) is 4.79 Å². The van der Waals surface area contributed by atoms with Crippen LogP contribution in [0.4, 0.5) is 0 Å². The van der Waals surface area contributed by atoms with E-state index in [1.54, 1.807) is 24.3 Å². The Balaban J connectivity index is 2.04. The lowest BCUT2D eigenvalue weighted by Gasteiger charge is -2.28. The summed E-state index contributed by atoms with van der Waals surface area (Å²) >= 11 is 0. The summed E-state index contributed by atoms with van der Waals surface area (Å²) < 4.78 is 0. The van der Waals surface area contributed by atoms with Gasteiger partial charge in [0.2, 0.25) is 5.91 Å². The molecule has 0 aromatic heterocycles. The number of ketones is 2. The van der Waals surface area contributed by atoms with Crippen LogP contribution in [0.5, 0.6) is 0 Å². The summed E-state index contributed by atoms with van der Waals surface area (Å²) in [6.45, 7) is 8.45. The molecule has 0 saturated heterocycles. The summed E-state index contributed by atoms with van der Waals surface area (Å²) in [7, 11) is 0. The monoisotopic (exact) mass is 341 g/mol. The molecule has 25 heavy (non-hydrogen) atoms. The van der Waals surface area contributed by atoms with E-state index in [1.165, 1.54) is 6.08 Å². The lowest BCUT2D eigenvalue weighted by atomic mass is 9.79. The van der Waals surface area contributed by atoms with Gasteiger partial charge in [0, 0.05) is 29.2 Å². The van der Waals surface area contributed by atoms with Crippen LogP contribution in [-0.4, -0.2) is 24.0 Å². The van der Waals surface area contributed by atoms with Crippen LogP contribution in [0.15, 0.2) is 35.9 Å². The topological polar surface area (TPSA) is 63.2 Å². The van der Waals surface area contributed by atoms with Crippen molar-refractivity contribution < 1.29 is 14.4 Å². The molecule has 0 bridgehead atoms. The van der Waals surface area contributed by atoms with Gasteiger partial charge in [0.1, 0.15) is 0 Å². The van der Waals surface area contributed by atoms with E-state index in [0.717, 1.165) is 12.8 Å². The van der Waals surface area contributed by atoms with Gasteiger partial charge < -0.3 is 5.32 Å². The third kappa shape index (κ3) is 4.65. The van der Waals surface area contributed by atoms with Crippen molar-refractivity contribution in [2.45, 2.75) is 47.0 Å². The van der Waals surface area contributed by atoms with Crippen molar-refractivity contribution in [3.63, 3.8) is 0 Å². The van der Waals surface area contributed by atoms with Crippen molar-refractivity contribution >= 4 is 17.5 Å². The van der Waals surface area contributed by atoms with Crippen molar-refractivity contribution in [2.24, 2.45) is 11.3 Å². The molecule has 1 aromatic carbocycles. The van der Waals surface area contributed by atoms with Gasteiger partial charge in [-0.1, -0.05) is 58.4 Å². The highest BCUT2D eigenvalue weighted by Gasteiger charge is 2.30. The summed E-state index contributed by atoms with van der Waals surface area (Å²) in [5.41, 5.74) is 1.15. The first kappa shape index (κ1) is 19.1. The summed E-state index contributed by atoms with van der Waals surface area (Å²) in [5.74, 6) is -0.180. The number of nitrogens with one attached hydrogen (secondary N) is 1. The van der Waals surface area contributed by atoms with Crippen LogP contribution in [0.2, 0.25) is 0 Å². The normalized spacial score (nSPS) is 15.4. The van der Waals surface area contributed by atoms with Crippen molar-refractivity contribution in [3.8, 4) is 0 Å². The van der Waals surface area contributed by atoms with Gasteiger partial charge in [0.15, 0.2) is 11.6 Å². The smallest absolute Gasteiger partial charge is 0.222 e. The molecule has 1 aliphatic carbocycles. The van der Waals surface area contributed by atoms with Gasteiger partial charge in [-0.05, 0) is 24.3 Å². The fourth-order valence-electron chi connectivity index (χ4n) is 3.14. The fraction of sp³-hybridized carbons (Fsp3) is 0.476. The molecule has 0 fully saturated rings. The van der Waals surface area contributed by atoms with Gasteiger partial charge in [-0.2, -0.15) is 0 Å². The van der Waals surface area contributed by atoms with Crippen molar-refractivity contribution in [1.29, 1.82) is 0 Å². The third-order valence-corrected chi connectivity index (χ3v) is 4.61. The predicted molar refractivity (Wildman–Crippen MR) is 98.7 cm³/mol. The van der Waals surface area contributed by atoms with E-state index in [9.17, 15) is 14.4 Å². The second kappa shape index (κ2) is 7.77. The Morgan fingerprint density at radius 3 is 2.44 bits per heavy atom.